The molecule has 0 aromatic heterocycles. The molecule has 158 valence electrons. The molecule has 2 aliphatic heterocycles. The highest BCUT2D eigenvalue weighted by Gasteiger charge is 2.40. The predicted molar refractivity (Wildman–Crippen MR) is 114 cm³/mol. The molecular formula is C23H27N3O4. The van der Waals surface area contributed by atoms with Crippen molar-refractivity contribution >= 4 is 17.5 Å². The third kappa shape index (κ3) is 4.04. The summed E-state index contributed by atoms with van der Waals surface area (Å²) in [5.41, 5.74) is 2.61. The Labute approximate surface area is 176 Å². The molecule has 2 saturated heterocycles. The van der Waals surface area contributed by atoms with Crippen molar-refractivity contribution in [2.24, 2.45) is 0 Å². The number of nitrogens with one attached hydrogen (secondary N) is 1. The first-order chi connectivity index (χ1) is 14.5. The average Bonchev–Trinajstić information content (AvgIpc) is 3.20. The Morgan fingerprint density at radius 1 is 1.10 bits per heavy atom. The number of likely N-dealkylation sites (tertiary alicyclic amines) is 1. The molecule has 2 atom stereocenters. The SMILES string of the molecule is COc1ccc(C(=O)Nc2cc(C(=O)N3C[C@@H]4OCCN(C)[C@H]4C3)ccc2C)cc1. The number of aryl methyl sites for hydroxylation is 1. The van der Waals surface area contributed by atoms with Crippen molar-refractivity contribution in [2.45, 2.75) is 19.1 Å². The number of amides is 2. The monoisotopic (exact) mass is 409 g/mol. The minimum atomic E-state index is -0.229. The first kappa shape index (κ1) is 20.4. The van der Waals surface area contributed by atoms with Gasteiger partial charge in [-0.05, 0) is 55.9 Å². The number of carbonyl (C=O) groups is 2. The molecule has 2 aromatic carbocycles. The van der Waals surface area contributed by atoms with Gasteiger partial charge in [0.2, 0.25) is 0 Å². The normalized spacial score (nSPS) is 21.2. The summed E-state index contributed by atoms with van der Waals surface area (Å²) in [6, 6.07) is 12.6. The molecule has 0 spiro atoms. The molecule has 30 heavy (non-hydrogen) atoms. The average molecular weight is 409 g/mol. The van der Waals surface area contributed by atoms with E-state index in [1.54, 1.807) is 37.4 Å². The van der Waals surface area contributed by atoms with Crippen molar-refractivity contribution in [3.05, 3.63) is 59.2 Å². The van der Waals surface area contributed by atoms with Crippen LogP contribution >= 0.6 is 0 Å². The second-order valence-electron chi connectivity index (χ2n) is 7.88. The number of ether oxygens (including phenoxy) is 2. The van der Waals surface area contributed by atoms with Gasteiger partial charge in [-0.3, -0.25) is 14.5 Å². The summed E-state index contributed by atoms with van der Waals surface area (Å²) in [6.07, 6.45) is 0.0624. The lowest BCUT2D eigenvalue weighted by molar-refractivity contribution is -0.0368. The smallest absolute Gasteiger partial charge is 0.255 e. The number of hydrogen-bond acceptors (Lipinski definition) is 5. The van der Waals surface area contributed by atoms with E-state index in [0.29, 0.717) is 42.3 Å². The van der Waals surface area contributed by atoms with Gasteiger partial charge in [-0.1, -0.05) is 6.07 Å². The Bertz CT molecular complexity index is 944. The van der Waals surface area contributed by atoms with Crippen LogP contribution in [0, 0.1) is 6.92 Å². The quantitative estimate of drug-likeness (QED) is 0.840. The van der Waals surface area contributed by atoms with E-state index in [2.05, 4.69) is 17.3 Å². The predicted octanol–water partition coefficient (Wildman–Crippen LogP) is 2.41. The lowest BCUT2D eigenvalue weighted by atomic mass is 10.1. The zero-order valence-electron chi connectivity index (χ0n) is 17.6. The van der Waals surface area contributed by atoms with Crippen molar-refractivity contribution in [3.63, 3.8) is 0 Å². The number of morpholine rings is 1. The van der Waals surface area contributed by atoms with Crippen LogP contribution in [0.4, 0.5) is 5.69 Å². The fraction of sp³-hybridized carbons (Fsp3) is 0.391. The van der Waals surface area contributed by atoms with Crippen molar-refractivity contribution in [3.8, 4) is 5.75 Å². The molecule has 7 nitrogen and oxygen atoms in total. The molecule has 1 N–H and O–H groups in total. The molecule has 2 aliphatic rings. The lowest BCUT2D eigenvalue weighted by Gasteiger charge is -2.33. The highest BCUT2D eigenvalue weighted by atomic mass is 16.5. The Kier molecular flexibility index (Phi) is 5.74. The van der Waals surface area contributed by atoms with Crippen LogP contribution in [0.2, 0.25) is 0 Å². The Morgan fingerprint density at radius 3 is 2.53 bits per heavy atom. The molecule has 0 unspecified atom stereocenters. The Morgan fingerprint density at radius 2 is 1.83 bits per heavy atom. The van der Waals surface area contributed by atoms with E-state index in [1.165, 1.54) is 0 Å². The number of rotatable bonds is 4. The van der Waals surface area contributed by atoms with E-state index >= 15 is 0 Å². The third-order valence-electron chi connectivity index (χ3n) is 5.95. The minimum absolute atomic E-state index is 0.0404. The molecule has 0 radical (unpaired) electrons. The largest absolute Gasteiger partial charge is 0.497 e. The zero-order chi connectivity index (χ0) is 21.3. The van der Waals surface area contributed by atoms with Gasteiger partial charge in [0.05, 0.1) is 25.9 Å². The molecule has 2 fully saturated rings. The van der Waals surface area contributed by atoms with Crippen LogP contribution in [0.15, 0.2) is 42.5 Å². The first-order valence-corrected chi connectivity index (χ1v) is 10.1. The Balaban J connectivity index is 1.48. The van der Waals surface area contributed by atoms with E-state index in [9.17, 15) is 9.59 Å². The molecule has 0 bridgehead atoms. The highest BCUT2D eigenvalue weighted by molar-refractivity contribution is 6.05. The van der Waals surface area contributed by atoms with Crippen LogP contribution in [0.5, 0.6) is 5.75 Å². The standard InChI is InChI=1S/C23H27N3O4/c1-15-4-5-17(23(28)26-13-20-21(14-26)30-11-10-25(20)2)12-19(15)24-22(27)16-6-8-18(29-3)9-7-16/h4-9,12,20-21H,10-11,13-14H2,1-3H3,(H,24,27)/t20-,21-/m0/s1. The summed E-state index contributed by atoms with van der Waals surface area (Å²) in [5, 5.41) is 2.92. The van der Waals surface area contributed by atoms with Crippen LogP contribution in [0.3, 0.4) is 0 Å². The lowest BCUT2D eigenvalue weighted by Crippen LogP contribution is -2.48. The van der Waals surface area contributed by atoms with Crippen molar-refractivity contribution in [1.82, 2.24) is 9.80 Å². The number of nitrogens with zero attached hydrogens (tertiary/aromatic N) is 2. The summed E-state index contributed by atoms with van der Waals surface area (Å²) >= 11 is 0. The molecule has 2 heterocycles. The van der Waals surface area contributed by atoms with Gasteiger partial charge in [-0.25, -0.2) is 0 Å². The molecule has 7 heteroatoms. The number of hydrogen-bond donors (Lipinski definition) is 1. The fourth-order valence-electron chi connectivity index (χ4n) is 4.03. The van der Waals surface area contributed by atoms with Gasteiger partial charge >= 0.3 is 0 Å². The number of fused-ring (bicyclic) bond motifs is 1. The van der Waals surface area contributed by atoms with Gasteiger partial charge in [0.1, 0.15) is 5.75 Å². The van der Waals surface area contributed by atoms with E-state index in [4.69, 9.17) is 9.47 Å². The molecular weight excluding hydrogens is 382 g/mol. The van der Waals surface area contributed by atoms with Crippen LogP contribution in [-0.4, -0.2) is 74.2 Å². The fourth-order valence-corrected chi connectivity index (χ4v) is 4.03. The van der Waals surface area contributed by atoms with E-state index in [-0.39, 0.29) is 24.0 Å². The summed E-state index contributed by atoms with van der Waals surface area (Å²) in [6.45, 7) is 4.74. The summed E-state index contributed by atoms with van der Waals surface area (Å²) in [5.74, 6) is 0.421. The number of likely N-dealkylation sites (N-methyl/N-ethyl adjacent to an activating group) is 1. The van der Waals surface area contributed by atoms with Crippen LogP contribution in [-0.2, 0) is 4.74 Å². The van der Waals surface area contributed by atoms with E-state index in [1.807, 2.05) is 24.0 Å². The van der Waals surface area contributed by atoms with Gasteiger partial charge in [0.25, 0.3) is 11.8 Å². The van der Waals surface area contributed by atoms with Gasteiger partial charge in [-0.15, -0.1) is 0 Å². The number of anilines is 1. The van der Waals surface area contributed by atoms with Gasteiger partial charge in [0.15, 0.2) is 0 Å². The van der Waals surface area contributed by atoms with Crippen molar-refractivity contribution in [2.75, 3.05) is 45.7 Å². The molecule has 2 amide bonds. The van der Waals surface area contributed by atoms with E-state index in [0.717, 1.165) is 12.1 Å². The molecule has 2 aromatic rings. The van der Waals surface area contributed by atoms with Gasteiger partial charge < -0.3 is 19.7 Å². The topological polar surface area (TPSA) is 71.1 Å². The molecule has 4 rings (SSSR count). The first-order valence-electron chi connectivity index (χ1n) is 10.1. The number of methoxy groups -OCH3 is 1. The highest BCUT2D eigenvalue weighted by Crippen LogP contribution is 2.25. The molecule has 0 saturated carbocycles. The summed E-state index contributed by atoms with van der Waals surface area (Å²) in [4.78, 5) is 29.9. The second-order valence-corrected chi connectivity index (χ2v) is 7.88. The van der Waals surface area contributed by atoms with Gasteiger partial charge in [-0.2, -0.15) is 0 Å². The minimum Gasteiger partial charge on any atom is -0.497 e. The van der Waals surface area contributed by atoms with E-state index < -0.39 is 0 Å². The second kappa shape index (κ2) is 8.45. The third-order valence-corrected chi connectivity index (χ3v) is 5.95. The van der Waals surface area contributed by atoms with Crippen LogP contribution in [0.1, 0.15) is 26.3 Å². The summed E-state index contributed by atoms with van der Waals surface area (Å²) in [7, 11) is 3.66. The maximum absolute atomic E-state index is 13.1. The maximum Gasteiger partial charge on any atom is 0.255 e. The number of carbonyl (C=O) groups excluding carboxylic acids is 2. The van der Waals surface area contributed by atoms with Crippen LogP contribution in [0.25, 0.3) is 0 Å². The van der Waals surface area contributed by atoms with Gasteiger partial charge in [0, 0.05) is 36.4 Å². The zero-order valence-corrected chi connectivity index (χ0v) is 17.6. The van der Waals surface area contributed by atoms with Crippen LogP contribution < -0.4 is 10.1 Å². The molecule has 0 aliphatic carbocycles. The van der Waals surface area contributed by atoms with Crippen molar-refractivity contribution in [1.29, 1.82) is 0 Å². The Hall–Kier alpha value is -2.90. The summed E-state index contributed by atoms with van der Waals surface area (Å²) < 4.78 is 11.0. The van der Waals surface area contributed by atoms with Crippen molar-refractivity contribution < 1.29 is 19.1 Å². The maximum atomic E-state index is 13.1. The number of benzene rings is 2.